The molecule has 1 aromatic carbocycles. The van der Waals surface area contributed by atoms with Gasteiger partial charge >= 0.3 is 0 Å². The van der Waals surface area contributed by atoms with E-state index >= 15 is 0 Å². The molecule has 1 aliphatic carbocycles. The Bertz CT molecular complexity index is 449. The van der Waals surface area contributed by atoms with Gasteiger partial charge < -0.3 is 5.73 Å². The standard InChI is InChI=1S/C18H29N/c1-5-16-7-6-9-18(19,10-8-16)17-12-14(3)13(2)11-15(17)4/h11-12,16H,5-10,19H2,1-4H3. The predicted octanol–water partition coefficient (Wildman–Crippen LogP) is 4.76. The Morgan fingerprint density at radius 2 is 1.74 bits per heavy atom. The summed E-state index contributed by atoms with van der Waals surface area (Å²) in [5, 5.41) is 0. The highest BCUT2D eigenvalue weighted by molar-refractivity contribution is 5.40. The quantitative estimate of drug-likeness (QED) is 0.762. The van der Waals surface area contributed by atoms with Crippen molar-refractivity contribution in [2.24, 2.45) is 11.7 Å². The first-order chi connectivity index (χ1) is 8.96. The second-order valence-corrected chi connectivity index (χ2v) is 6.61. The first kappa shape index (κ1) is 14.6. The van der Waals surface area contributed by atoms with Gasteiger partial charge in [-0.15, -0.1) is 0 Å². The number of aryl methyl sites for hydroxylation is 3. The molecule has 0 aliphatic heterocycles. The van der Waals surface area contributed by atoms with E-state index in [1.807, 2.05) is 0 Å². The fraction of sp³-hybridized carbons (Fsp3) is 0.667. The topological polar surface area (TPSA) is 26.0 Å². The van der Waals surface area contributed by atoms with Gasteiger partial charge in [-0.25, -0.2) is 0 Å². The second kappa shape index (κ2) is 5.66. The Labute approximate surface area is 118 Å². The van der Waals surface area contributed by atoms with Crippen molar-refractivity contribution < 1.29 is 0 Å². The molecule has 0 amide bonds. The van der Waals surface area contributed by atoms with Crippen LogP contribution in [0.5, 0.6) is 0 Å². The van der Waals surface area contributed by atoms with Gasteiger partial charge in [-0.05, 0) is 68.2 Å². The van der Waals surface area contributed by atoms with E-state index in [9.17, 15) is 0 Å². The molecule has 1 heteroatoms. The molecule has 2 unspecified atom stereocenters. The smallest absolute Gasteiger partial charge is 0.0412 e. The van der Waals surface area contributed by atoms with Crippen LogP contribution in [0.4, 0.5) is 0 Å². The molecule has 0 spiro atoms. The molecule has 1 fully saturated rings. The summed E-state index contributed by atoms with van der Waals surface area (Å²) in [6.07, 6.45) is 7.53. The maximum absolute atomic E-state index is 6.82. The Morgan fingerprint density at radius 1 is 1.05 bits per heavy atom. The minimum Gasteiger partial charge on any atom is -0.321 e. The van der Waals surface area contributed by atoms with E-state index in [0.717, 1.165) is 18.8 Å². The highest BCUT2D eigenvalue weighted by Crippen LogP contribution is 2.38. The molecule has 0 heterocycles. The fourth-order valence-electron chi connectivity index (χ4n) is 3.61. The van der Waals surface area contributed by atoms with Crippen molar-refractivity contribution in [3.05, 3.63) is 34.4 Å². The highest BCUT2D eigenvalue weighted by atomic mass is 14.7. The second-order valence-electron chi connectivity index (χ2n) is 6.61. The molecular weight excluding hydrogens is 230 g/mol. The highest BCUT2D eigenvalue weighted by Gasteiger charge is 2.31. The van der Waals surface area contributed by atoms with Crippen molar-refractivity contribution in [2.45, 2.75) is 71.8 Å². The number of benzene rings is 1. The van der Waals surface area contributed by atoms with Crippen LogP contribution < -0.4 is 5.73 Å². The first-order valence-corrected chi connectivity index (χ1v) is 7.83. The van der Waals surface area contributed by atoms with Crippen molar-refractivity contribution in [1.82, 2.24) is 0 Å². The van der Waals surface area contributed by atoms with Crippen molar-refractivity contribution in [3.63, 3.8) is 0 Å². The summed E-state index contributed by atoms with van der Waals surface area (Å²) in [5.41, 5.74) is 12.3. The summed E-state index contributed by atoms with van der Waals surface area (Å²) in [7, 11) is 0. The Kier molecular flexibility index (Phi) is 4.35. The summed E-state index contributed by atoms with van der Waals surface area (Å²) in [6.45, 7) is 8.93. The maximum atomic E-state index is 6.82. The van der Waals surface area contributed by atoms with Crippen LogP contribution in [0.25, 0.3) is 0 Å². The van der Waals surface area contributed by atoms with E-state index in [1.165, 1.54) is 47.9 Å². The Balaban J connectivity index is 2.31. The first-order valence-electron chi connectivity index (χ1n) is 7.83. The molecule has 0 radical (unpaired) electrons. The molecular formula is C18H29N. The minimum absolute atomic E-state index is 0.0908. The van der Waals surface area contributed by atoms with E-state index in [4.69, 9.17) is 5.73 Å². The lowest BCUT2D eigenvalue weighted by Gasteiger charge is -2.31. The summed E-state index contributed by atoms with van der Waals surface area (Å²) >= 11 is 0. The zero-order valence-corrected chi connectivity index (χ0v) is 13.1. The van der Waals surface area contributed by atoms with Crippen LogP contribution in [-0.4, -0.2) is 0 Å². The largest absolute Gasteiger partial charge is 0.321 e. The van der Waals surface area contributed by atoms with E-state index < -0.39 is 0 Å². The third-order valence-corrected chi connectivity index (χ3v) is 5.19. The van der Waals surface area contributed by atoms with Crippen molar-refractivity contribution >= 4 is 0 Å². The van der Waals surface area contributed by atoms with Gasteiger partial charge in [-0.1, -0.05) is 38.3 Å². The van der Waals surface area contributed by atoms with Gasteiger partial charge in [-0.2, -0.15) is 0 Å². The molecule has 1 aromatic rings. The SMILES string of the molecule is CCC1CCCC(N)(c2cc(C)c(C)cc2C)CC1. The summed E-state index contributed by atoms with van der Waals surface area (Å²) in [5.74, 6) is 0.886. The average molecular weight is 259 g/mol. The van der Waals surface area contributed by atoms with Gasteiger partial charge in [0.05, 0.1) is 0 Å². The number of nitrogens with two attached hydrogens (primary N) is 1. The fourth-order valence-corrected chi connectivity index (χ4v) is 3.61. The van der Waals surface area contributed by atoms with E-state index in [2.05, 4.69) is 39.8 Å². The monoisotopic (exact) mass is 259 g/mol. The summed E-state index contributed by atoms with van der Waals surface area (Å²) in [6, 6.07) is 4.65. The van der Waals surface area contributed by atoms with Crippen LogP contribution in [0.2, 0.25) is 0 Å². The van der Waals surface area contributed by atoms with Crippen LogP contribution in [0.1, 0.15) is 67.7 Å². The zero-order chi connectivity index (χ0) is 14.0. The summed E-state index contributed by atoms with van der Waals surface area (Å²) in [4.78, 5) is 0. The van der Waals surface area contributed by atoms with E-state index in [-0.39, 0.29) is 5.54 Å². The van der Waals surface area contributed by atoms with Gasteiger partial charge in [0.1, 0.15) is 0 Å². The third kappa shape index (κ3) is 3.02. The molecule has 19 heavy (non-hydrogen) atoms. The van der Waals surface area contributed by atoms with Gasteiger partial charge in [0.15, 0.2) is 0 Å². The lowest BCUT2D eigenvalue weighted by molar-refractivity contribution is 0.370. The van der Waals surface area contributed by atoms with E-state index in [0.29, 0.717) is 0 Å². The van der Waals surface area contributed by atoms with Crippen LogP contribution in [-0.2, 0) is 5.54 Å². The molecule has 0 saturated heterocycles. The van der Waals surface area contributed by atoms with Gasteiger partial charge in [0.2, 0.25) is 0 Å². The number of hydrogen-bond acceptors (Lipinski definition) is 1. The normalized spacial score (nSPS) is 28.2. The van der Waals surface area contributed by atoms with Crippen LogP contribution in [0.3, 0.4) is 0 Å². The number of hydrogen-bond donors (Lipinski definition) is 1. The maximum Gasteiger partial charge on any atom is 0.0412 e. The lowest BCUT2D eigenvalue weighted by atomic mass is 9.80. The minimum atomic E-state index is -0.0908. The lowest BCUT2D eigenvalue weighted by Crippen LogP contribution is -2.37. The Hall–Kier alpha value is -0.820. The van der Waals surface area contributed by atoms with Crippen LogP contribution in [0.15, 0.2) is 12.1 Å². The predicted molar refractivity (Wildman–Crippen MR) is 83.4 cm³/mol. The van der Waals surface area contributed by atoms with Crippen LogP contribution >= 0.6 is 0 Å². The summed E-state index contributed by atoms with van der Waals surface area (Å²) < 4.78 is 0. The molecule has 1 aliphatic rings. The van der Waals surface area contributed by atoms with E-state index in [1.54, 1.807) is 0 Å². The van der Waals surface area contributed by atoms with Crippen LogP contribution in [0, 0.1) is 26.7 Å². The van der Waals surface area contributed by atoms with Gasteiger partial charge in [0, 0.05) is 5.54 Å². The molecule has 2 N–H and O–H groups in total. The van der Waals surface area contributed by atoms with Gasteiger partial charge in [-0.3, -0.25) is 0 Å². The van der Waals surface area contributed by atoms with Crippen molar-refractivity contribution in [1.29, 1.82) is 0 Å². The Morgan fingerprint density at radius 3 is 2.42 bits per heavy atom. The molecule has 0 bridgehead atoms. The molecule has 2 rings (SSSR count). The van der Waals surface area contributed by atoms with Gasteiger partial charge in [0.25, 0.3) is 0 Å². The molecule has 106 valence electrons. The molecule has 1 saturated carbocycles. The van der Waals surface area contributed by atoms with Crippen molar-refractivity contribution in [2.75, 3.05) is 0 Å². The van der Waals surface area contributed by atoms with Crippen molar-refractivity contribution in [3.8, 4) is 0 Å². The zero-order valence-electron chi connectivity index (χ0n) is 13.1. The number of rotatable bonds is 2. The molecule has 0 aromatic heterocycles. The average Bonchev–Trinajstić information content (AvgIpc) is 2.56. The molecule has 1 nitrogen and oxygen atoms in total. The molecule has 2 atom stereocenters. The third-order valence-electron chi connectivity index (χ3n) is 5.19.